The van der Waals surface area contributed by atoms with E-state index in [1.54, 1.807) is 0 Å². The molecule has 112 valence electrons. The van der Waals surface area contributed by atoms with E-state index < -0.39 is 6.10 Å². The van der Waals surface area contributed by atoms with E-state index in [4.69, 9.17) is 0 Å². The Bertz CT molecular complexity index is 553. The van der Waals surface area contributed by atoms with Crippen molar-refractivity contribution in [1.82, 2.24) is 0 Å². The number of hydrogen-bond donors (Lipinski definition) is 2. The van der Waals surface area contributed by atoms with Crippen LogP contribution >= 0.6 is 15.9 Å². The summed E-state index contributed by atoms with van der Waals surface area (Å²) in [4.78, 5) is 0. The predicted molar refractivity (Wildman–Crippen MR) is 92.6 cm³/mol. The molecule has 0 fully saturated rings. The van der Waals surface area contributed by atoms with E-state index in [1.165, 1.54) is 18.4 Å². The summed E-state index contributed by atoms with van der Waals surface area (Å²) in [6, 6.07) is 16.2. The second-order valence-electron chi connectivity index (χ2n) is 5.25. The molecule has 0 spiro atoms. The van der Waals surface area contributed by atoms with Gasteiger partial charge < -0.3 is 10.4 Å². The lowest BCUT2D eigenvalue weighted by molar-refractivity contribution is 0.191. The molecular formula is C18H22BrNO. The van der Waals surface area contributed by atoms with Crippen LogP contribution < -0.4 is 5.32 Å². The van der Waals surface area contributed by atoms with Gasteiger partial charge in [-0.3, -0.25) is 0 Å². The SMILES string of the molecule is CCCCc1ccc(NCC(O)c2cccc(Br)c2)cc1. The number of hydrogen-bond acceptors (Lipinski definition) is 2. The maximum atomic E-state index is 10.2. The molecule has 0 aliphatic heterocycles. The van der Waals surface area contributed by atoms with Crippen LogP contribution in [0.4, 0.5) is 5.69 Å². The lowest BCUT2D eigenvalue weighted by Gasteiger charge is -2.14. The largest absolute Gasteiger partial charge is 0.387 e. The topological polar surface area (TPSA) is 32.3 Å². The molecule has 1 unspecified atom stereocenters. The normalized spacial score (nSPS) is 12.1. The lowest BCUT2D eigenvalue weighted by Crippen LogP contribution is -2.12. The van der Waals surface area contributed by atoms with Gasteiger partial charge in [0, 0.05) is 16.7 Å². The van der Waals surface area contributed by atoms with Crippen LogP contribution in [0.25, 0.3) is 0 Å². The maximum Gasteiger partial charge on any atom is 0.0962 e. The Labute approximate surface area is 135 Å². The average Bonchev–Trinajstić information content (AvgIpc) is 2.51. The van der Waals surface area contributed by atoms with E-state index in [1.807, 2.05) is 24.3 Å². The summed E-state index contributed by atoms with van der Waals surface area (Å²) in [7, 11) is 0. The summed E-state index contributed by atoms with van der Waals surface area (Å²) < 4.78 is 0.985. The molecule has 2 aromatic rings. The smallest absolute Gasteiger partial charge is 0.0962 e. The third-order valence-corrected chi connectivity index (χ3v) is 4.00. The van der Waals surface area contributed by atoms with Gasteiger partial charge in [-0.1, -0.05) is 53.5 Å². The first-order chi connectivity index (χ1) is 10.2. The molecule has 0 radical (unpaired) electrons. The van der Waals surface area contributed by atoms with E-state index >= 15 is 0 Å². The fourth-order valence-corrected chi connectivity index (χ4v) is 2.63. The zero-order valence-electron chi connectivity index (χ0n) is 12.3. The number of rotatable bonds is 7. The Hall–Kier alpha value is -1.32. The molecule has 0 saturated heterocycles. The Morgan fingerprint density at radius 2 is 1.90 bits per heavy atom. The highest BCUT2D eigenvalue weighted by Gasteiger charge is 2.07. The second kappa shape index (κ2) is 8.20. The van der Waals surface area contributed by atoms with E-state index in [-0.39, 0.29) is 0 Å². The summed E-state index contributed by atoms with van der Waals surface area (Å²) in [6.07, 6.45) is 3.08. The Balaban J connectivity index is 1.87. The van der Waals surface area contributed by atoms with Crippen LogP contribution in [0.5, 0.6) is 0 Å². The summed E-state index contributed by atoms with van der Waals surface area (Å²) in [5.41, 5.74) is 3.33. The Morgan fingerprint density at radius 1 is 1.14 bits per heavy atom. The molecule has 21 heavy (non-hydrogen) atoms. The minimum Gasteiger partial charge on any atom is -0.387 e. The first-order valence-electron chi connectivity index (χ1n) is 7.45. The minimum atomic E-state index is -0.512. The van der Waals surface area contributed by atoms with Crippen LogP contribution in [0.3, 0.4) is 0 Å². The predicted octanol–water partition coefficient (Wildman–Crippen LogP) is 4.94. The van der Waals surface area contributed by atoms with Crippen molar-refractivity contribution >= 4 is 21.6 Å². The Kier molecular flexibility index (Phi) is 6.27. The van der Waals surface area contributed by atoms with E-state index in [0.29, 0.717) is 6.54 Å². The molecule has 0 heterocycles. The molecule has 0 aliphatic carbocycles. The van der Waals surface area contributed by atoms with Gasteiger partial charge in [0.1, 0.15) is 0 Å². The third-order valence-electron chi connectivity index (χ3n) is 3.51. The van der Waals surface area contributed by atoms with Crippen molar-refractivity contribution in [2.24, 2.45) is 0 Å². The van der Waals surface area contributed by atoms with Crippen molar-refractivity contribution < 1.29 is 5.11 Å². The minimum absolute atomic E-state index is 0.505. The maximum absolute atomic E-state index is 10.2. The molecule has 2 N–H and O–H groups in total. The highest BCUT2D eigenvalue weighted by Crippen LogP contribution is 2.19. The molecule has 2 nitrogen and oxygen atoms in total. The summed E-state index contributed by atoms with van der Waals surface area (Å²) in [6.45, 7) is 2.71. The molecule has 0 aromatic heterocycles. The van der Waals surface area contributed by atoms with E-state index in [0.717, 1.165) is 22.1 Å². The van der Waals surface area contributed by atoms with Gasteiger partial charge in [-0.2, -0.15) is 0 Å². The van der Waals surface area contributed by atoms with Crippen molar-refractivity contribution in [2.75, 3.05) is 11.9 Å². The van der Waals surface area contributed by atoms with Crippen molar-refractivity contribution in [3.05, 3.63) is 64.1 Å². The van der Waals surface area contributed by atoms with Gasteiger partial charge in [0.2, 0.25) is 0 Å². The quantitative estimate of drug-likeness (QED) is 0.743. The molecule has 0 saturated carbocycles. The standard InChI is InChI=1S/C18H22BrNO/c1-2-3-5-14-8-10-17(11-9-14)20-13-18(21)15-6-4-7-16(19)12-15/h4,6-12,18,20-21H,2-3,5,13H2,1H3. The van der Waals surface area contributed by atoms with Gasteiger partial charge >= 0.3 is 0 Å². The van der Waals surface area contributed by atoms with Crippen LogP contribution in [0.2, 0.25) is 0 Å². The van der Waals surface area contributed by atoms with Gasteiger partial charge in [-0.15, -0.1) is 0 Å². The number of aryl methyl sites for hydroxylation is 1. The van der Waals surface area contributed by atoms with Gasteiger partial charge in [-0.25, -0.2) is 0 Å². The molecular weight excluding hydrogens is 326 g/mol. The molecule has 0 aliphatic rings. The van der Waals surface area contributed by atoms with Crippen LogP contribution in [-0.2, 0) is 6.42 Å². The van der Waals surface area contributed by atoms with Crippen molar-refractivity contribution in [2.45, 2.75) is 32.3 Å². The molecule has 3 heteroatoms. The van der Waals surface area contributed by atoms with Crippen LogP contribution in [0.15, 0.2) is 53.0 Å². The monoisotopic (exact) mass is 347 g/mol. The van der Waals surface area contributed by atoms with Crippen LogP contribution in [0.1, 0.15) is 37.0 Å². The number of halogens is 1. The molecule has 2 rings (SSSR count). The van der Waals surface area contributed by atoms with Crippen LogP contribution in [-0.4, -0.2) is 11.7 Å². The van der Waals surface area contributed by atoms with Crippen molar-refractivity contribution in [3.8, 4) is 0 Å². The van der Waals surface area contributed by atoms with Crippen LogP contribution in [0, 0.1) is 0 Å². The number of benzene rings is 2. The Morgan fingerprint density at radius 3 is 2.57 bits per heavy atom. The first kappa shape index (κ1) is 16.1. The fourth-order valence-electron chi connectivity index (χ4n) is 2.22. The molecule has 2 aromatic carbocycles. The molecule has 0 bridgehead atoms. The summed E-state index contributed by atoms with van der Waals surface area (Å²) >= 11 is 3.42. The molecule has 0 amide bonds. The van der Waals surface area contributed by atoms with Crippen molar-refractivity contribution in [3.63, 3.8) is 0 Å². The third kappa shape index (κ3) is 5.18. The number of aliphatic hydroxyl groups is 1. The summed E-state index contributed by atoms with van der Waals surface area (Å²) in [5.74, 6) is 0. The summed E-state index contributed by atoms with van der Waals surface area (Å²) in [5, 5.41) is 13.5. The first-order valence-corrected chi connectivity index (χ1v) is 8.24. The highest BCUT2D eigenvalue weighted by molar-refractivity contribution is 9.10. The van der Waals surface area contributed by atoms with Gasteiger partial charge in [-0.05, 0) is 48.2 Å². The molecule has 1 atom stereocenters. The fraction of sp³-hybridized carbons (Fsp3) is 0.333. The zero-order chi connectivity index (χ0) is 15.1. The lowest BCUT2D eigenvalue weighted by atomic mass is 10.1. The highest BCUT2D eigenvalue weighted by atomic mass is 79.9. The average molecular weight is 348 g/mol. The number of unbranched alkanes of at least 4 members (excludes halogenated alkanes) is 1. The zero-order valence-corrected chi connectivity index (χ0v) is 13.9. The number of anilines is 1. The second-order valence-corrected chi connectivity index (χ2v) is 6.17. The van der Waals surface area contributed by atoms with E-state index in [2.05, 4.69) is 52.4 Å². The van der Waals surface area contributed by atoms with Gasteiger partial charge in [0.05, 0.1) is 6.10 Å². The van der Waals surface area contributed by atoms with E-state index in [9.17, 15) is 5.11 Å². The van der Waals surface area contributed by atoms with Gasteiger partial charge in [0.25, 0.3) is 0 Å². The number of nitrogens with one attached hydrogen (secondary N) is 1. The van der Waals surface area contributed by atoms with Gasteiger partial charge in [0.15, 0.2) is 0 Å². The number of aliphatic hydroxyl groups excluding tert-OH is 1. The van der Waals surface area contributed by atoms with Crippen molar-refractivity contribution in [1.29, 1.82) is 0 Å².